The molecule has 0 spiro atoms. The second-order valence-corrected chi connectivity index (χ2v) is 4.67. The molecular formula is C12H11N5. The lowest BCUT2D eigenvalue weighted by atomic mass is 9.92. The normalized spacial score (nSPS) is 32.3. The molecule has 0 bridgehead atoms. The molecule has 0 amide bonds. The Hall–Kier alpha value is -2.09. The fraction of sp³-hybridized carbons (Fsp3) is 0.417. The van der Waals surface area contributed by atoms with E-state index in [9.17, 15) is 5.26 Å². The molecule has 0 saturated carbocycles. The van der Waals surface area contributed by atoms with Crippen molar-refractivity contribution in [2.75, 3.05) is 18.0 Å². The molecule has 1 saturated heterocycles. The van der Waals surface area contributed by atoms with Crippen LogP contribution in [0.25, 0.3) is 0 Å². The number of hydrogen-bond acceptors (Lipinski definition) is 5. The summed E-state index contributed by atoms with van der Waals surface area (Å²) in [5.74, 6) is 0. The number of anilines is 1. The summed E-state index contributed by atoms with van der Waals surface area (Å²) < 4.78 is 0. The van der Waals surface area contributed by atoms with Crippen LogP contribution in [-0.2, 0) is 5.54 Å². The highest BCUT2D eigenvalue weighted by Crippen LogP contribution is 2.51. The highest BCUT2D eigenvalue weighted by atomic mass is 15.7. The van der Waals surface area contributed by atoms with E-state index in [-0.39, 0.29) is 6.17 Å². The minimum atomic E-state index is -0.809. The molecule has 1 fully saturated rings. The van der Waals surface area contributed by atoms with Crippen molar-refractivity contribution in [1.82, 2.24) is 5.01 Å². The lowest BCUT2D eigenvalue weighted by molar-refractivity contribution is 0.174. The van der Waals surface area contributed by atoms with Gasteiger partial charge in [-0.3, -0.25) is 5.01 Å². The van der Waals surface area contributed by atoms with Gasteiger partial charge in [-0.15, -0.1) is 5.11 Å². The van der Waals surface area contributed by atoms with Crippen LogP contribution in [-0.4, -0.2) is 24.3 Å². The molecule has 0 N–H and O–H groups in total. The van der Waals surface area contributed by atoms with Gasteiger partial charge < -0.3 is 4.90 Å². The maximum absolute atomic E-state index is 9.57. The molecule has 1 aromatic rings. The summed E-state index contributed by atoms with van der Waals surface area (Å²) in [6.45, 7) is 1.87. The molecule has 5 heteroatoms. The van der Waals surface area contributed by atoms with Gasteiger partial charge in [-0.2, -0.15) is 5.26 Å². The number of rotatable bonds is 0. The van der Waals surface area contributed by atoms with E-state index in [2.05, 4.69) is 27.4 Å². The van der Waals surface area contributed by atoms with Crippen molar-refractivity contribution in [2.24, 2.45) is 10.3 Å². The van der Waals surface area contributed by atoms with Gasteiger partial charge in [0.2, 0.25) is 5.54 Å². The Morgan fingerprint density at radius 2 is 2.24 bits per heavy atom. The minimum absolute atomic E-state index is 0.0290. The maximum Gasteiger partial charge on any atom is 0.236 e. The Balaban J connectivity index is 2.01. The predicted octanol–water partition coefficient (Wildman–Crippen LogP) is 1.64. The van der Waals surface area contributed by atoms with Crippen molar-refractivity contribution in [3.05, 3.63) is 29.8 Å². The van der Waals surface area contributed by atoms with Gasteiger partial charge >= 0.3 is 0 Å². The first-order valence-corrected chi connectivity index (χ1v) is 5.84. The standard InChI is InChI=1S/C12H11N5/c13-8-12-9-4-1-2-5-10(9)16-6-3-7-17(11(12)16)15-14-12/h1-2,4-5,11H,3,6-7H2. The van der Waals surface area contributed by atoms with Crippen LogP contribution in [0.2, 0.25) is 0 Å². The van der Waals surface area contributed by atoms with Crippen molar-refractivity contribution in [3.8, 4) is 6.07 Å². The smallest absolute Gasteiger partial charge is 0.236 e. The van der Waals surface area contributed by atoms with Crippen LogP contribution in [0.15, 0.2) is 34.6 Å². The minimum Gasteiger partial charge on any atom is -0.346 e. The molecule has 17 heavy (non-hydrogen) atoms. The van der Waals surface area contributed by atoms with Gasteiger partial charge in [-0.05, 0) is 12.5 Å². The largest absolute Gasteiger partial charge is 0.346 e. The lowest BCUT2D eigenvalue weighted by Gasteiger charge is -2.37. The van der Waals surface area contributed by atoms with E-state index in [1.54, 1.807) is 0 Å². The molecular weight excluding hydrogens is 214 g/mol. The summed E-state index contributed by atoms with van der Waals surface area (Å²) in [5, 5.41) is 20.0. The molecule has 1 aromatic carbocycles. The third-order valence-corrected chi connectivity index (χ3v) is 3.85. The van der Waals surface area contributed by atoms with E-state index in [0.717, 1.165) is 30.8 Å². The van der Waals surface area contributed by atoms with Crippen LogP contribution in [0.4, 0.5) is 5.69 Å². The first kappa shape index (κ1) is 8.99. The molecule has 2 atom stereocenters. The third kappa shape index (κ3) is 0.860. The number of nitrogens with zero attached hydrogens (tertiary/aromatic N) is 5. The van der Waals surface area contributed by atoms with Gasteiger partial charge in [0.15, 0.2) is 6.17 Å². The average Bonchev–Trinajstić information content (AvgIpc) is 2.91. The molecule has 2 unspecified atom stereocenters. The molecule has 3 aliphatic heterocycles. The maximum atomic E-state index is 9.57. The fourth-order valence-electron chi connectivity index (χ4n) is 3.15. The zero-order chi connectivity index (χ0) is 11.5. The summed E-state index contributed by atoms with van der Waals surface area (Å²) in [5.41, 5.74) is 1.33. The van der Waals surface area contributed by atoms with E-state index in [1.807, 2.05) is 23.2 Å². The molecule has 5 nitrogen and oxygen atoms in total. The topological polar surface area (TPSA) is 55.0 Å². The average molecular weight is 225 g/mol. The second-order valence-electron chi connectivity index (χ2n) is 4.67. The van der Waals surface area contributed by atoms with Crippen molar-refractivity contribution >= 4 is 5.69 Å². The molecule has 3 aliphatic rings. The summed E-state index contributed by atoms with van der Waals surface area (Å²) in [4.78, 5) is 2.27. The monoisotopic (exact) mass is 225 g/mol. The van der Waals surface area contributed by atoms with Crippen LogP contribution in [0, 0.1) is 11.3 Å². The van der Waals surface area contributed by atoms with Gasteiger partial charge in [-0.25, -0.2) is 0 Å². The SMILES string of the molecule is N#CC12N=NN3CCCN(c4ccccc41)C32. The van der Waals surface area contributed by atoms with Crippen molar-refractivity contribution < 1.29 is 0 Å². The molecule has 4 rings (SSSR count). The van der Waals surface area contributed by atoms with Crippen LogP contribution in [0.5, 0.6) is 0 Å². The summed E-state index contributed by atoms with van der Waals surface area (Å²) in [6, 6.07) is 10.4. The van der Waals surface area contributed by atoms with Gasteiger partial charge in [0.25, 0.3) is 0 Å². The van der Waals surface area contributed by atoms with Crippen LogP contribution < -0.4 is 4.90 Å². The van der Waals surface area contributed by atoms with E-state index < -0.39 is 5.54 Å². The van der Waals surface area contributed by atoms with Crippen LogP contribution in [0.1, 0.15) is 12.0 Å². The predicted molar refractivity (Wildman–Crippen MR) is 61.0 cm³/mol. The Morgan fingerprint density at radius 1 is 1.35 bits per heavy atom. The van der Waals surface area contributed by atoms with E-state index >= 15 is 0 Å². The Bertz CT molecular complexity index is 560. The number of nitriles is 1. The van der Waals surface area contributed by atoms with Gasteiger partial charge in [0.05, 0.1) is 0 Å². The number of benzene rings is 1. The van der Waals surface area contributed by atoms with Gasteiger partial charge in [-0.1, -0.05) is 23.4 Å². The van der Waals surface area contributed by atoms with Gasteiger partial charge in [0, 0.05) is 24.3 Å². The van der Waals surface area contributed by atoms with E-state index in [1.165, 1.54) is 0 Å². The van der Waals surface area contributed by atoms with Crippen molar-refractivity contribution in [3.63, 3.8) is 0 Å². The summed E-state index contributed by atoms with van der Waals surface area (Å²) in [7, 11) is 0. The zero-order valence-electron chi connectivity index (χ0n) is 9.24. The summed E-state index contributed by atoms with van der Waals surface area (Å²) >= 11 is 0. The van der Waals surface area contributed by atoms with Crippen LogP contribution >= 0.6 is 0 Å². The zero-order valence-corrected chi connectivity index (χ0v) is 9.24. The molecule has 0 radical (unpaired) electrons. The third-order valence-electron chi connectivity index (χ3n) is 3.85. The number of fused-ring (bicyclic) bond motifs is 3. The van der Waals surface area contributed by atoms with Crippen LogP contribution in [0.3, 0.4) is 0 Å². The Morgan fingerprint density at radius 3 is 3.12 bits per heavy atom. The van der Waals surface area contributed by atoms with Crippen molar-refractivity contribution in [2.45, 2.75) is 18.1 Å². The summed E-state index contributed by atoms with van der Waals surface area (Å²) in [6.07, 6.45) is 1.03. The van der Waals surface area contributed by atoms with Gasteiger partial charge in [0.1, 0.15) is 6.07 Å². The molecule has 84 valence electrons. The second kappa shape index (κ2) is 2.77. The fourth-order valence-corrected chi connectivity index (χ4v) is 3.15. The quantitative estimate of drug-likeness (QED) is 0.674. The first-order chi connectivity index (χ1) is 8.37. The molecule has 0 aliphatic carbocycles. The van der Waals surface area contributed by atoms with E-state index in [4.69, 9.17) is 0 Å². The Labute approximate surface area is 98.9 Å². The number of para-hydroxylation sites is 1. The highest BCUT2D eigenvalue weighted by Gasteiger charge is 2.59. The van der Waals surface area contributed by atoms with E-state index in [0.29, 0.717) is 0 Å². The van der Waals surface area contributed by atoms with Crippen molar-refractivity contribution in [1.29, 1.82) is 5.26 Å². The highest BCUT2D eigenvalue weighted by molar-refractivity contribution is 5.67. The number of hydrogen-bond donors (Lipinski definition) is 0. The molecule has 3 heterocycles. The first-order valence-electron chi connectivity index (χ1n) is 5.84. The molecule has 0 aromatic heterocycles. The lowest BCUT2D eigenvalue weighted by Crippen LogP contribution is -2.53. The Kier molecular flexibility index (Phi) is 1.47.